The summed E-state index contributed by atoms with van der Waals surface area (Å²) in [5.41, 5.74) is 0.628. The summed E-state index contributed by atoms with van der Waals surface area (Å²) >= 11 is 23.4. The van der Waals surface area contributed by atoms with Gasteiger partial charge in [0.2, 0.25) is 3.79 Å². The zero-order valence-corrected chi connectivity index (χ0v) is 13.3. The molecule has 1 unspecified atom stereocenters. The van der Waals surface area contributed by atoms with E-state index in [4.69, 9.17) is 46.4 Å². The van der Waals surface area contributed by atoms with Crippen LogP contribution < -0.4 is 10.6 Å². The molecule has 0 saturated carbocycles. The highest BCUT2D eigenvalue weighted by Crippen LogP contribution is 2.31. The van der Waals surface area contributed by atoms with Crippen LogP contribution in [-0.2, 0) is 0 Å². The van der Waals surface area contributed by atoms with Crippen molar-refractivity contribution in [3.05, 3.63) is 29.3 Å². The molecule has 4 nitrogen and oxygen atoms in total. The number of halogens is 4. The lowest BCUT2D eigenvalue weighted by Gasteiger charge is -2.28. The first-order chi connectivity index (χ1) is 8.70. The molecule has 0 spiro atoms. The summed E-state index contributed by atoms with van der Waals surface area (Å²) < 4.78 is -1.71. The Kier molecular flexibility index (Phi) is 5.86. The fourth-order valence-corrected chi connectivity index (χ4v) is 1.71. The topological polar surface area (TPSA) is 44.4 Å². The molecule has 0 bridgehead atoms. The number of nitrogens with one attached hydrogen (secondary N) is 2. The van der Waals surface area contributed by atoms with Crippen molar-refractivity contribution in [3.63, 3.8) is 0 Å². The van der Waals surface area contributed by atoms with E-state index in [2.05, 4.69) is 10.6 Å². The highest BCUT2D eigenvalue weighted by Gasteiger charge is 2.34. The van der Waals surface area contributed by atoms with E-state index in [0.717, 1.165) is 0 Å². The lowest BCUT2D eigenvalue weighted by molar-refractivity contribution is 0.214. The Morgan fingerprint density at radius 1 is 1.32 bits per heavy atom. The van der Waals surface area contributed by atoms with E-state index in [1.165, 1.54) is 4.90 Å². The highest BCUT2D eigenvalue weighted by atomic mass is 35.6. The minimum absolute atomic E-state index is 0.383. The average Bonchev–Trinajstić information content (AvgIpc) is 2.26. The average molecular weight is 345 g/mol. The van der Waals surface area contributed by atoms with Crippen LogP contribution in [0.5, 0.6) is 0 Å². The molecule has 1 rings (SSSR count). The van der Waals surface area contributed by atoms with E-state index >= 15 is 0 Å². The number of anilines is 1. The number of amides is 2. The summed E-state index contributed by atoms with van der Waals surface area (Å²) in [6.07, 6.45) is -0.897. The summed E-state index contributed by atoms with van der Waals surface area (Å²) in [4.78, 5) is 13.0. The molecule has 0 aliphatic heterocycles. The Morgan fingerprint density at radius 3 is 2.42 bits per heavy atom. The van der Waals surface area contributed by atoms with Crippen LogP contribution in [0.25, 0.3) is 0 Å². The fraction of sp³-hybridized carbons (Fsp3) is 0.364. The van der Waals surface area contributed by atoms with E-state index in [-0.39, 0.29) is 6.03 Å². The van der Waals surface area contributed by atoms with Crippen molar-refractivity contribution in [1.29, 1.82) is 0 Å². The first-order valence-corrected chi connectivity index (χ1v) is 6.78. The number of alkyl halides is 3. The Balaban J connectivity index is 2.84. The number of carbonyl (C=O) groups excluding carboxylic acids is 1. The van der Waals surface area contributed by atoms with Crippen LogP contribution in [-0.4, -0.2) is 35.0 Å². The van der Waals surface area contributed by atoms with Crippen LogP contribution >= 0.6 is 46.4 Å². The third-order valence-corrected chi connectivity index (χ3v) is 3.03. The van der Waals surface area contributed by atoms with Gasteiger partial charge in [-0.05, 0) is 18.2 Å². The van der Waals surface area contributed by atoms with Gasteiger partial charge in [0.05, 0.1) is 0 Å². The number of hydrogen-bond acceptors (Lipinski definition) is 2. The van der Waals surface area contributed by atoms with Gasteiger partial charge in [0, 0.05) is 24.8 Å². The normalized spacial score (nSPS) is 12.7. The molecule has 1 atom stereocenters. The van der Waals surface area contributed by atoms with Gasteiger partial charge in [-0.15, -0.1) is 0 Å². The number of nitrogens with zero attached hydrogens (tertiary/aromatic N) is 1. The molecule has 0 heterocycles. The quantitative estimate of drug-likeness (QED) is 0.648. The number of urea groups is 1. The summed E-state index contributed by atoms with van der Waals surface area (Å²) in [5, 5.41) is 6.00. The monoisotopic (exact) mass is 343 g/mol. The lowest BCUT2D eigenvalue weighted by Crippen LogP contribution is -2.52. The molecule has 8 heteroatoms. The van der Waals surface area contributed by atoms with Crippen molar-refractivity contribution in [2.24, 2.45) is 0 Å². The Bertz CT molecular complexity index is 448. The van der Waals surface area contributed by atoms with Crippen molar-refractivity contribution >= 4 is 58.1 Å². The zero-order valence-electron chi connectivity index (χ0n) is 10.3. The fourth-order valence-electron chi connectivity index (χ4n) is 1.20. The summed E-state index contributed by atoms with van der Waals surface area (Å²) in [6, 6.07) is 6.48. The van der Waals surface area contributed by atoms with Gasteiger partial charge in [-0.3, -0.25) is 0 Å². The molecule has 2 N–H and O–H groups in total. The second-order valence-electron chi connectivity index (χ2n) is 3.97. The highest BCUT2D eigenvalue weighted by molar-refractivity contribution is 6.68. The van der Waals surface area contributed by atoms with Crippen molar-refractivity contribution in [2.75, 3.05) is 19.4 Å². The first kappa shape index (κ1) is 16.5. The maximum Gasteiger partial charge on any atom is 0.318 e. The van der Waals surface area contributed by atoms with Gasteiger partial charge in [0.1, 0.15) is 6.17 Å². The summed E-state index contributed by atoms with van der Waals surface area (Å²) in [7, 11) is 3.17. The number of carbonyl (C=O) groups is 1. The SMILES string of the molecule is CN(C)C(=O)NC(Nc1cccc(Cl)c1)C(Cl)(Cl)Cl. The minimum Gasteiger partial charge on any atom is -0.362 e. The summed E-state index contributed by atoms with van der Waals surface area (Å²) in [5.74, 6) is 0. The van der Waals surface area contributed by atoms with Gasteiger partial charge in [0.25, 0.3) is 0 Å². The molecule has 0 saturated heterocycles. The van der Waals surface area contributed by atoms with Crippen LogP contribution in [0, 0.1) is 0 Å². The van der Waals surface area contributed by atoms with Crippen LogP contribution in [0.15, 0.2) is 24.3 Å². The lowest BCUT2D eigenvalue weighted by atomic mass is 10.3. The van der Waals surface area contributed by atoms with E-state index < -0.39 is 9.96 Å². The maximum atomic E-state index is 11.6. The van der Waals surface area contributed by atoms with Crippen molar-refractivity contribution in [3.8, 4) is 0 Å². The van der Waals surface area contributed by atoms with E-state index in [9.17, 15) is 4.79 Å². The molecule has 106 valence electrons. The Labute approximate surface area is 131 Å². The molecule has 2 amide bonds. The van der Waals surface area contributed by atoms with Crippen molar-refractivity contribution in [2.45, 2.75) is 9.96 Å². The second kappa shape index (κ2) is 6.75. The minimum atomic E-state index is -1.71. The van der Waals surface area contributed by atoms with E-state index in [1.54, 1.807) is 38.4 Å². The molecule has 0 aromatic heterocycles. The predicted octanol–water partition coefficient (Wildman–Crippen LogP) is 3.72. The van der Waals surface area contributed by atoms with Gasteiger partial charge in [-0.1, -0.05) is 52.5 Å². The van der Waals surface area contributed by atoms with Crippen molar-refractivity contribution in [1.82, 2.24) is 10.2 Å². The molecular formula is C11H13Cl4N3O. The smallest absolute Gasteiger partial charge is 0.318 e. The second-order valence-corrected chi connectivity index (χ2v) is 6.78. The largest absolute Gasteiger partial charge is 0.362 e. The van der Waals surface area contributed by atoms with E-state index in [0.29, 0.717) is 10.7 Å². The molecule has 0 fully saturated rings. The molecular weight excluding hydrogens is 332 g/mol. The number of benzene rings is 1. The third-order valence-electron chi connectivity index (χ3n) is 2.14. The predicted molar refractivity (Wildman–Crippen MR) is 81.4 cm³/mol. The number of rotatable bonds is 3. The first-order valence-electron chi connectivity index (χ1n) is 5.27. The van der Waals surface area contributed by atoms with Gasteiger partial charge in [0.15, 0.2) is 0 Å². The number of hydrogen-bond donors (Lipinski definition) is 2. The maximum absolute atomic E-state index is 11.6. The van der Waals surface area contributed by atoms with Gasteiger partial charge < -0.3 is 15.5 Å². The van der Waals surface area contributed by atoms with Crippen LogP contribution in [0.2, 0.25) is 5.02 Å². The van der Waals surface area contributed by atoms with Gasteiger partial charge in [-0.25, -0.2) is 4.79 Å². The van der Waals surface area contributed by atoms with E-state index in [1.807, 2.05) is 0 Å². The Morgan fingerprint density at radius 2 is 1.95 bits per heavy atom. The Hall–Kier alpha value is -0.550. The molecule has 0 aliphatic carbocycles. The summed E-state index contributed by atoms with van der Waals surface area (Å²) in [6.45, 7) is 0. The molecule has 1 aromatic rings. The molecule has 0 aliphatic rings. The van der Waals surface area contributed by atoms with Gasteiger partial charge >= 0.3 is 6.03 Å². The van der Waals surface area contributed by atoms with Crippen LogP contribution in [0.3, 0.4) is 0 Å². The molecule has 1 aromatic carbocycles. The standard InChI is InChI=1S/C11H13Cl4N3O/c1-18(2)10(19)17-9(11(13,14)15)16-8-5-3-4-7(12)6-8/h3-6,9,16H,1-2H3,(H,17,19). The zero-order chi connectivity index (χ0) is 14.6. The van der Waals surface area contributed by atoms with Crippen LogP contribution in [0.4, 0.5) is 10.5 Å². The molecule has 19 heavy (non-hydrogen) atoms. The molecule has 0 radical (unpaired) electrons. The van der Waals surface area contributed by atoms with Crippen molar-refractivity contribution < 1.29 is 4.79 Å². The third kappa shape index (κ3) is 5.53. The van der Waals surface area contributed by atoms with Crippen LogP contribution in [0.1, 0.15) is 0 Å². The van der Waals surface area contributed by atoms with Gasteiger partial charge in [-0.2, -0.15) is 0 Å².